The first-order valence-corrected chi connectivity index (χ1v) is 6.09. The van der Waals surface area contributed by atoms with Crippen LogP contribution in [0.25, 0.3) is 0 Å². The lowest BCUT2D eigenvalue weighted by molar-refractivity contribution is -0.207. The molecular formula is C13H18O7. The second-order valence-corrected chi connectivity index (χ2v) is 4.47. The maximum Gasteiger partial charge on any atom is 0.303 e. The predicted molar refractivity (Wildman–Crippen MR) is 66.3 cm³/mol. The Hall–Kier alpha value is -2.05. The van der Waals surface area contributed by atoms with Crippen LogP contribution in [-0.2, 0) is 33.3 Å². The Labute approximate surface area is 116 Å². The summed E-state index contributed by atoms with van der Waals surface area (Å²) in [5.74, 6) is -1.60. The van der Waals surface area contributed by atoms with Gasteiger partial charge in [-0.15, -0.1) is 0 Å². The molecule has 0 N–H and O–H groups in total. The minimum absolute atomic E-state index is 0.141. The van der Waals surface area contributed by atoms with E-state index in [9.17, 15) is 14.4 Å². The van der Waals surface area contributed by atoms with Gasteiger partial charge in [0.2, 0.25) is 0 Å². The molecule has 0 aliphatic carbocycles. The van der Waals surface area contributed by atoms with E-state index in [1.165, 1.54) is 20.8 Å². The first-order valence-electron chi connectivity index (χ1n) is 6.09. The van der Waals surface area contributed by atoms with Crippen molar-refractivity contribution in [3.8, 4) is 0 Å². The maximum absolute atomic E-state index is 11.2. The standard InChI is InChI=1S/C13H18O7/c1-6-11(18-8(3)14)13(20-10(5)16)12(7(2)17-6)19-9(4)15/h7,11-13H,1H2,2-5H3/t7-,11-,12-,13-/m1/s1. The number of hydrogen-bond donors (Lipinski definition) is 0. The molecule has 7 nitrogen and oxygen atoms in total. The van der Waals surface area contributed by atoms with Crippen LogP contribution in [0.4, 0.5) is 0 Å². The molecule has 0 amide bonds. The number of ether oxygens (including phenoxy) is 4. The third-order valence-electron chi connectivity index (χ3n) is 2.64. The van der Waals surface area contributed by atoms with E-state index < -0.39 is 42.3 Å². The van der Waals surface area contributed by atoms with Crippen LogP contribution in [0.3, 0.4) is 0 Å². The van der Waals surface area contributed by atoms with Gasteiger partial charge in [0.05, 0.1) is 0 Å². The van der Waals surface area contributed by atoms with Gasteiger partial charge in [-0.1, -0.05) is 6.58 Å². The van der Waals surface area contributed by atoms with Crippen LogP contribution in [-0.4, -0.2) is 42.3 Å². The number of esters is 3. The SMILES string of the molecule is C=C1O[C@H](C)[C@@H](OC(C)=O)[C@H](OC(C)=O)[C@@H]1OC(C)=O. The molecule has 1 aliphatic rings. The second-order valence-electron chi connectivity index (χ2n) is 4.47. The molecule has 1 rings (SSSR count). The van der Waals surface area contributed by atoms with Crippen LogP contribution < -0.4 is 0 Å². The summed E-state index contributed by atoms with van der Waals surface area (Å²) < 4.78 is 20.7. The third-order valence-corrected chi connectivity index (χ3v) is 2.64. The molecule has 0 saturated carbocycles. The van der Waals surface area contributed by atoms with Crippen molar-refractivity contribution in [2.75, 3.05) is 0 Å². The molecule has 20 heavy (non-hydrogen) atoms. The summed E-state index contributed by atoms with van der Waals surface area (Å²) in [5, 5.41) is 0. The van der Waals surface area contributed by atoms with Gasteiger partial charge in [-0.25, -0.2) is 0 Å². The van der Waals surface area contributed by atoms with Crippen LogP contribution in [0.2, 0.25) is 0 Å². The van der Waals surface area contributed by atoms with Crippen molar-refractivity contribution in [3.05, 3.63) is 12.3 Å². The Morgan fingerprint density at radius 3 is 1.85 bits per heavy atom. The lowest BCUT2D eigenvalue weighted by Gasteiger charge is -2.40. The van der Waals surface area contributed by atoms with E-state index in [4.69, 9.17) is 18.9 Å². The van der Waals surface area contributed by atoms with Gasteiger partial charge >= 0.3 is 17.9 Å². The number of hydrogen-bond acceptors (Lipinski definition) is 7. The molecule has 112 valence electrons. The zero-order chi connectivity index (χ0) is 15.4. The summed E-state index contributed by atoms with van der Waals surface area (Å²) in [6.45, 7) is 8.91. The van der Waals surface area contributed by atoms with Gasteiger partial charge in [0.1, 0.15) is 11.9 Å². The summed E-state index contributed by atoms with van der Waals surface area (Å²) >= 11 is 0. The summed E-state index contributed by atoms with van der Waals surface area (Å²) in [5.41, 5.74) is 0. The van der Waals surface area contributed by atoms with Gasteiger partial charge in [0, 0.05) is 20.8 Å². The van der Waals surface area contributed by atoms with Crippen LogP contribution in [0, 0.1) is 0 Å². The van der Waals surface area contributed by atoms with E-state index in [2.05, 4.69) is 6.58 Å². The molecule has 0 radical (unpaired) electrons. The fraction of sp³-hybridized carbons (Fsp3) is 0.615. The Bertz CT molecular complexity index is 428. The summed E-state index contributed by atoms with van der Waals surface area (Å²) in [7, 11) is 0. The lowest BCUT2D eigenvalue weighted by Crippen LogP contribution is -2.55. The van der Waals surface area contributed by atoms with Crippen LogP contribution in [0.5, 0.6) is 0 Å². The van der Waals surface area contributed by atoms with Gasteiger partial charge in [0.15, 0.2) is 18.3 Å². The quantitative estimate of drug-likeness (QED) is 0.557. The van der Waals surface area contributed by atoms with Crippen molar-refractivity contribution in [2.45, 2.75) is 52.1 Å². The van der Waals surface area contributed by atoms with Gasteiger partial charge in [-0.3, -0.25) is 14.4 Å². The molecule has 1 heterocycles. The first kappa shape index (κ1) is 16.0. The van der Waals surface area contributed by atoms with Crippen molar-refractivity contribution in [1.82, 2.24) is 0 Å². The molecule has 7 heteroatoms. The molecular weight excluding hydrogens is 268 g/mol. The Kier molecular flexibility index (Phi) is 5.12. The van der Waals surface area contributed by atoms with Crippen molar-refractivity contribution >= 4 is 17.9 Å². The van der Waals surface area contributed by atoms with E-state index in [0.29, 0.717) is 0 Å². The minimum atomic E-state index is -1.02. The van der Waals surface area contributed by atoms with E-state index in [0.717, 1.165) is 0 Å². The fourth-order valence-electron chi connectivity index (χ4n) is 1.98. The highest BCUT2D eigenvalue weighted by Crippen LogP contribution is 2.29. The van der Waals surface area contributed by atoms with Crippen molar-refractivity contribution < 1.29 is 33.3 Å². The average Bonchev–Trinajstić information content (AvgIpc) is 2.27. The molecule has 0 unspecified atom stereocenters. The molecule has 0 aromatic rings. The van der Waals surface area contributed by atoms with Crippen molar-refractivity contribution in [2.24, 2.45) is 0 Å². The molecule has 1 fully saturated rings. The average molecular weight is 286 g/mol. The number of carbonyl (C=O) groups is 3. The van der Waals surface area contributed by atoms with Gasteiger partial charge in [0.25, 0.3) is 0 Å². The highest BCUT2D eigenvalue weighted by Gasteiger charge is 2.47. The summed E-state index contributed by atoms with van der Waals surface area (Å²) in [6.07, 6.45) is -3.47. The second kappa shape index (κ2) is 6.40. The van der Waals surface area contributed by atoms with Crippen LogP contribution in [0.15, 0.2) is 12.3 Å². The van der Waals surface area contributed by atoms with Crippen LogP contribution >= 0.6 is 0 Å². The Morgan fingerprint density at radius 1 is 0.950 bits per heavy atom. The lowest BCUT2D eigenvalue weighted by atomic mass is 9.98. The number of carbonyl (C=O) groups excluding carboxylic acids is 3. The Morgan fingerprint density at radius 2 is 1.40 bits per heavy atom. The molecule has 0 bridgehead atoms. The van der Waals surface area contributed by atoms with Crippen molar-refractivity contribution in [1.29, 1.82) is 0 Å². The number of rotatable bonds is 3. The highest BCUT2D eigenvalue weighted by atomic mass is 16.6. The monoisotopic (exact) mass is 286 g/mol. The third kappa shape index (κ3) is 3.97. The van der Waals surface area contributed by atoms with E-state index in [1.54, 1.807) is 6.92 Å². The predicted octanol–water partition coefficient (Wildman–Crippen LogP) is 0.714. The topological polar surface area (TPSA) is 88.1 Å². The minimum Gasteiger partial charge on any atom is -0.488 e. The summed E-state index contributed by atoms with van der Waals surface area (Å²) in [4.78, 5) is 33.5. The van der Waals surface area contributed by atoms with Gasteiger partial charge in [-0.05, 0) is 6.92 Å². The van der Waals surface area contributed by atoms with E-state index in [-0.39, 0.29) is 5.76 Å². The van der Waals surface area contributed by atoms with E-state index in [1.807, 2.05) is 0 Å². The Balaban J connectivity index is 3.05. The molecule has 4 atom stereocenters. The largest absolute Gasteiger partial charge is 0.488 e. The molecule has 0 aromatic heterocycles. The molecule has 0 spiro atoms. The van der Waals surface area contributed by atoms with Crippen LogP contribution in [0.1, 0.15) is 27.7 Å². The first-order chi connectivity index (χ1) is 9.22. The van der Waals surface area contributed by atoms with Gasteiger partial charge in [-0.2, -0.15) is 0 Å². The smallest absolute Gasteiger partial charge is 0.303 e. The van der Waals surface area contributed by atoms with E-state index >= 15 is 0 Å². The van der Waals surface area contributed by atoms with Gasteiger partial charge < -0.3 is 18.9 Å². The summed E-state index contributed by atoms with van der Waals surface area (Å²) in [6, 6.07) is 0. The fourth-order valence-corrected chi connectivity index (χ4v) is 1.98. The molecule has 1 saturated heterocycles. The maximum atomic E-state index is 11.2. The molecule has 0 aromatic carbocycles. The zero-order valence-corrected chi connectivity index (χ0v) is 11.9. The highest BCUT2D eigenvalue weighted by molar-refractivity contribution is 5.68. The normalized spacial score (nSPS) is 29.1. The van der Waals surface area contributed by atoms with Crippen molar-refractivity contribution in [3.63, 3.8) is 0 Å². The zero-order valence-electron chi connectivity index (χ0n) is 11.9. The molecule has 1 aliphatic heterocycles.